The summed E-state index contributed by atoms with van der Waals surface area (Å²) in [6.07, 6.45) is 1.43. The van der Waals surface area contributed by atoms with E-state index in [1.165, 1.54) is 6.33 Å². The van der Waals surface area contributed by atoms with Gasteiger partial charge in [-0.05, 0) is 5.56 Å². The van der Waals surface area contributed by atoms with Gasteiger partial charge in [0.2, 0.25) is 5.88 Å². The van der Waals surface area contributed by atoms with E-state index in [2.05, 4.69) is 9.97 Å². The largest absolute Gasteiger partial charge is 0.481 e. The molecule has 0 bridgehead atoms. The highest BCUT2D eigenvalue weighted by atomic mass is 16.5. The van der Waals surface area contributed by atoms with E-state index in [9.17, 15) is 4.79 Å². The van der Waals surface area contributed by atoms with Crippen molar-refractivity contribution in [2.24, 2.45) is 5.92 Å². The number of anilines is 1. The molecule has 0 amide bonds. The fourth-order valence-corrected chi connectivity index (χ4v) is 2.14. The van der Waals surface area contributed by atoms with Gasteiger partial charge in [-0.1, -0.05) is 30.3 Å². The van der Waals surface area contributed by atoms with Gasteiger partial charge in [-0.25, -0.2) is 9.97 Å². The van der Waals surface area contributed by atoms with Crippen molar-refractivity contribution in [2.75, 3.05) is 18.0 Å². The number of carboxylic acids is 1. The van der Waals surface area contributed by atoms with Crippen LogP contribution < -0.4 is 9.64 Å². The number of ether oxygens (including phenoxy) is 1. The number of hydrogen-bond acceptors (Lipinski definition) is 5. The van der Waals surface area contributed by atoms with Gasteiger partial charge in [-0.2, -0.15) is 0 Å². The van der Waals surface area contributed by atoms with Crippen LogP contribution in [-0.4, -0.2) is 34.1 Å². The second-order valence-electron chi connectivity index (χ2n) is 4.93. The Bertz CT molecular complexity index is 627. The Morgan fingerprint density at radius 2 is 2.05 bits per heavy atom. The first-order valence-corrected chi connectivity index (χ1v) is 6.69. The minimum atomic E-state index is -0.763. The van der Waals surface area contributed by atoms with Crippen molar-refractivity contribution in [1.29, 1.82) is 0 Å². The molecular weight excluding hydrogens is 270 g/mol. The minimum Gasteiger partial charge on any atom is -0.481 e. The molecule has 6 nitrogen and oxygen atoms in total. The number of aliphatic carboxylic acids is 1. The number of benzene rings is 1. The molecular formula is C15H15N3O3. The standard InChI is InChI=1S/C15H15N3O3/c19-15(20)12-7-18(8-12)13-6-14(17-10-16-13)21-9-11-4-2-1-3-5-11/h1-6,10,12H,7-9H2,(H,19,20). The van der Waals surface area contributed by atoms with Crippen molar-refractivity contribution in [3.8, 4) is 5.88 Å². The Morgan fingerprint density at radius 3 is 2.76 bits per heavy atom. The Kier molecular flexibility index (Phi) is 3.68. The number of carbonyl (C=O) groups is 1. The Labute approximate surface area is 122 Å². The van der Waals surface area contributed by atoms with Gasteiger partial charge in [0.05, 0.1) is 5.92 Å². The maximum atomic E-state index is 10.8. The minimum absolute atomic E-state index is 0.311. The topological polar surface area (TPSA) is 75.5 Å². The van der Waals surface area contributed by atoms with Crippen molar-refractivity contribution in [1.82, 2.24) is 9.97 Å². The lowest BCUT2D eigenvalue weighted by Gasteiger charge is -2.37. The zero-order valence-corrected chi connectivity index (χ0v) is 11.3. The van der Waals surface area contributed by atoms with Crippen LogP contribution >= 0.6 is 0 Å². The lowest BCUT2D eigenvalue weighted by Crippen LogP contribution is -2.50. The smallest absolute Gasteiger partial charge is 0.310 e. The highest BCUT2D eigenvalue weighted by Crippen LogP contribution is 2.24. The maximum Gasteiger partial charge on any atom is 0.310 e. The fraction of sp³-hybridized carbons (Fsp3) is 0.267. The lowest BCUT2D eigenvalue weighted by molar-refractivity contribution is -0.142. The molecule has 1 aliphatic rings. The molecule has 2 aromatic rings. The maximum absolute atomic E-state index is 10.8. The molecule has 1 aliphatic heterocycles. The van der Waals surface area contributed by atoms with E-state index in [1.54, 1.807) is 6.07 Å². The van der Waals surface area contributed by atoms with Crippen molar-refractivity contribution in [2.45, 2.75) is 6.61 Å². The van der Waals surface area contributed by atoms with Crippen LogP contribution in [0.4, 0.5) is 5.82 Å². The summed E-state index contributed by atoms with van der Waals surface area (Å²) in [6.45, 7) is 1.39. The van der Waals surface area contributed by atoms with Crippen LogP contribution in [0, 0.1) is 5.92 Å². The van der Waals surface area contributed by atoms with E-state index in [0.29, 0.717) is 31.4 Å². The molecule has 0 saturated carbocycles. The van der Waals surface area contributed by atoms with E-state index in [4.69, 9.17) is 9.84 Å². The molecule has 3 rings (SSSR count). The first kappa shape index (κ1) is 13.4. The zero-order valence-electron chi connectivity index (χ0n) is 11.3. The van der Waals surface area contributed by atoms with Gasteiger partial charge < -0.3 is 14.7 Å². The predicted molar refractivity (Wildman–Crippen MR) is 76.1 cm³/mol. The summed E-state index contributed by atoms with van der Waals surface area (Å²) in [5.74, 6) is 0.114. The third kappa shape index (κ3) is 3.10. The molecule has 0 aliphatic carbocycles. The van der Waals surface area contributed by atoms with Gasteiger partial charge >= 0.3 is 5.97 Å². The van der Waals surface area contributed by atoms with Crippen LogP contribution in [0.1, 0.15) is 5.56 Å². The Morgan fingerprint density at radius 1 is 1.29 bits per heavy atom. The monoisotopic (exact) mass is 285 g/mol. The summed E-state index contributed by atoms with van der Waals surface area (Å²) >= 11 is 0. The van der Waals surface area contributed by atoms with Crippen molar-refractivity contribution in [3.05, 3.63) is 48.3 Å². The van der Waals surface area contributed by atoms with Crippen molar-refractivity contribution >= 4 is 11.8 Å². The molecule has 1 fully saturated rings. The molecule has 0 spiro atoms. The van der Waals surface area contributed by atoms with Crippen LogP contribution in [0.25, 0.3) is 0 Å². The summed E-state index contributed by atoms with van der Waals surface area (Å²) in [6, 6.07) is 11.6. The molecule has 1 aromatic carbocycles. The van der Waals surface area contributed by atoms with Gasteiger partial charge in [-0.15, -0.1) is 0 Å². The number of aromatic nitrogens is 2. The summed E-state index contributed by atoms with van der Waals surface area (Å²) < 4.78 is 5.63. The Balaban J connectivity index is 1.60. The molecule has 0 radical (unpaired) electrons. The van der Waals surface area contributed by atoms with Crippen molar-refractivity contribution in [3.63, 3.8) is 0 Å². The Hall–Kier alpha value is -2.63. The van der Waals surface area contributed by atoms with E-state index >= 15 is 0 Å². The van der Waals surface area contributed by atoms with Gasteiger partial charge in [0, 0.05) is 19.2 Å². The SMILES string of the molecule is O=C(O)C1CN(c2cc(OCc3ccccc3)ncn2)C1. The molecule has 0 unspecified atom stereocenters. The predicted octanol–water partition coefficient (Wildman–Crippen LogP) is 1.58. The second kappa shape index (κ2) is 5.78. The van der Waals surface area contributed by atoms with Gasteiger partial charge in [0.15, 0.2) is 0 Å². The zero-order chi connectivity index (χ0) is 14.7. The molecule has 2 heterocycles. The van der Waals surface area contributed by atoms with E-state index < -0.39 is 5.97 Å². The average molecular weight is 285 g/mol. The molecule has 108 valence electrons. The average Bonchev–Trinajstić information content (AvgIpc) is 2.45. The first-order valence-electron chi connectivity index (χ1n) is 6.69. The van der Waals surface area contributed by atoms with E-state index in [1.807, 2.05) is 35.2 Å². The molecule has 1 saturated heterocycles. The summed E-state index contributed by atoms with van der Waals surface area (Å²) in [7, 11) is 0. The van der Waals surface area contributed by atoms with Gasteiger partial charge in [0.25, 0.3) is 0 Å². The van der Waals surface area contributed by atoms with Crippen LogP contribution in [0.15, 0.2) is 42.7 Å². The van der Waals surface area contributed by atoms with Gasteiger partial charge in [-0.3, -0.25) is 4.79 Å². The fourth-order valence-electron chi connectivity index (χ4n) is 2.14. The summed E-state index contributed by atoms with van der Waals surface area (Å²) in [4.78, 5) is 20.9. The molecule has 0 atom stereocenters. The normalized spacial score (nSPS) is 14.6. The third-order valence-electron chi connectivity index (χ3n) is 3.41. The lowest BCUT2D eigenvalue weighted by atomic mass is 10.0. The number of rotatable bonds is 5. The highest BCUT2D eigenvalue weighted by molar-refractivity contribution is 5.74. The second-order valence-corrected chi connectivity index (χ2v) is 4.93. The van der Waals surface area contributed by atoms with Gasteiger partial charge in [0.1, 0.15) is 18.8 Å². The number of hydrogen-bond donors (Lipinski definition) is 1. The highest BCUT2D eigenvalue weighted by Gasteiger charge is 2.33. The number of carboxylic acid groups (broad SMARTS) is 1. The quantitative estimate of drug-likeness (QED) is 0.899. The molecule has 6 heteroatoms. The summed E-state index contributed by atoms with van der Waals surface area (Å²) in [5.41, 5.74) is 1.06. The summed E-state index contributed by atoms with van der Waals surface area (Å²) in [5, 5.41) is 8.88. The van der Waals surface area contributed by atoms with E-state index in [-0.39, 0.29) is 5.92 Å². The van der Waals surface area contributed by atoms with Crippen LogP contribution in [0.3, 0.4) is 0 Å². The van der Waals surface area contributed by atoms with Crippen molar-refractivity contribution < 1.29 is 14.6 Å². The van der Waals surface area contributed by atoms with E-state index in [0.717, 1.165) is 5.56 Å². The molecule has 1 aromatic heterocycles. The van der Waals surface area contributed by atoms with Crippen LogP contribution in [0.5, 0.6) is 5.88 Å². The van der Waals surface area contributed by atoms with Crippen LogP contribution in [0.2, 0.25) is 0 Å². The first-order chi connectivity index (χ1) is 10.2. The molecule has 21 heavy (non-hydrogen) atoms. The third-order valence-corrected chi connectivity index (χ3v) is 3.41. The van der Waals surface area contributed by atoms with Crippen LogP contribution in [-0.2, 0) is 11.4 Å². The number of nitrogens with zero attached hydrogens (tertiary/aromatic N) is 3. The molecule has 1 N–H and O–H groups in total.